The molecular formula is C11H16BrNOS. The molecular weight excluding hydrogens is 274 g/mol. The number of hydrogen-bond acceptors (Lipinski definition) is 2. The van der Waals surface area contributed by atoms with Crippen LogP contribution < -0.4 is 5.32 Å². The first-order valence-corrected chi connectivity index (χ1v) is 6.98. The molecule has 0 aliphatic heterocycles. The minimum absolute atomic E-state index is 0.0268. The summed E-state index contributed by atoms with van der Waals surface area (Å²) in [5.74, 6) is 0.0268. The Morgan fingerprint density at radius 1 is 1.60 bits per heavy atom. The molecule has 1 aromatic rings. The fourth-order valence-electron chi connectivity index (χ4n) is 1.16. The Hall–Kier alpha value is -0.350. The van der Waals surface area contributed by atoms with Crippen molar-refractivity contribution in [2.24, 2.45) is 5.41 Å². The number of carbonyl (C=O) groups is 1. The summed E-state index contributed by atoms with van der Waals surface area (Å²) in [6, 6.07) is 1.84. The van der Waals surface area contributed by atoms with Crippen molar-refractivity contribution in [3.63, 3.8) is 0 Å². The molecule has 84 valence electrons. The number of carbonyl (C=O) groups excluding carboxylic acids is 1. The van der Waals surface area contributed by atoms with Gasteiger partial charge in [0.05, 0.1) is 0 Å². The average molecular weight is 290 g/mol. The SMILES string of the molecule is CC(C)(CCBr)CNC(=O)c1ccsc1. The number of alkyl halides is 1. The zero-order valence-electron chi connectivity index (χ0n) is 9.05. The van der Waals surface area contributed by atoms with E-state index in [0.29, 0.717) is 6.54 Å². The molecule has 0 aliphatic carbocycles. The molecule has 0 saturated carbocycles. The lowest BCUT2D eigenvalue weighted by Crippen LogP contribution is -2.34. The summed E-state index contributed by atoms with van der Waals surface area (Å²) in [5, 5.41) is 7.71. The monoisotopic (exact) mass is 289 g/mol. The van der Waals surface area contributed by atoms with E-state index in [0.717, 1.165) is 17.3 Å². The topological polar surface area (TPSA) is 29.1 Å². The fraction of sp³-hybridized carbons (Fsp3) is 0.545. The predicted molar refractivity (Wildman–Crippen MR) is 68.8 cm³/mol. The minimum Gasteiger partial charge on any atom is -0.351 e. The van der Waals surface area contributed by atoms with Gasteiger partial charge in [0, 0.05) is 22.8 Å². The van der Waals surface area contributed by atoms with E-state index < -0.39 is 0 Å². The maximum Gasteiger partial charge on any atom is 0.252 e. The maximum absolute atomic E-state index is 11.6. The van der Waals surface area contributed by atoms with Crippen LogP contribution in [-0.4, -0.2) is 17.8 Å². The molecule has 4 heteroatoms. The van der Waals surface area contributed by atoms with Crippen LogP contribution in [0, 0.1) is 5.41 Å². The number of thiophene rings is 1. The Kier molecular flexibility index (Phi) is 4.80. The van der Waals surface area contributed by atoms with Gasteiger partial charge in [0.2, 0.25) is 0 Å². The van der Waals surface area contributed by atoms with Crippen molar-refractivity contribution in [2.45, 2.75) is 20.3 Å². The summed E-state index contributed by atoms with van der Waals surface area (Å²) in [5.41, 5.74) is 0.907. The molecule has 0 saturated heterocycles. The number of rotatable bonds is 5. The van der Waals surface area contributed by atoms with E-state index >= 15 is 0 Å². The van der Waals surface area contributed by atoms with Crippen LogP contribution >= 0.6 is 27.3 Å². The second kappa shape index (κ2) is 5.66. The van der Waals surface area contributed by atoms with E-state index in [4.69, 9.17) is 0 Å². The highest BCUT2D eigenvalue weighted by Crippen LogP contribution is 2.20. The first-order valence-electron chi connectivity index (χ1n) is 4.91. The van der Waals surface area contributed by atoms with Gasteiger partial charge in [-0.15, -0.1) is 0 Å². The van der Waals surface area contributed by atoms with Crippen molar-refractivity contribution in [1.29, 1.82) is 0 Å². The molecule has 0 aromatic carbocycles. The lowest BCUT2D eigenvalue weighted by Gasteiger charge is -2.23. The van der Waals surface area contributed by atoms with Crippen LogP contribution in [0.2, 0.25) is 0 Å². The van der Waals surface area contributed by atoms with Crippen molar-refractivity contribution in [3.8, 4) is 0 Å². The molecule has 1 heterocycles. The van der Waals surface area contributed by atoms with Crippen LogP contribution in [0.5, 0.6) is 0 Å². The molecule has 1 N–H and O–H groups in total. The van der Waals surface area contributed by atoms with Crippen LogP contribution in [0.3, 0.4) is 0 Å². The molecule has 0 unspecified atom stereocenters. The Balaban J connectivity index is 2.40. The number of halogens is 1. The van der Waals surface area contributed by atoms with Crippen LogP contribution in [0.1, 0.15) is 30.6 Å². The van der Waals surface area contributed by atoms with E-state index in [-0.39, 0.29) is 11.3 Å². The summed E-state index contributed by atoms with van der Waals surface area (Å²) in [4.78, 5) is 11.6. The lowest BCUT2D eigenvalue weighted by atomic mass is 9.90. The average Bonchev–Trinajstić information content (AvgIpc) is 2.67. The number of hydrogen-bond donors (Lipinski definition) is 1. The third-order valence-electron chi connectivity index (χ3n) is 2.28. The second-order valence-electron chi connectivity index (χ2n) is 4.30. The van der Waals surface area contributed by atoms with E-state index in [2.05, 4.69) is 35.1 Å². The number of amides is 1. The van der Waals surface area contributed by atoms with Crippen LogP contribution in [0.25, 0.3) is 0 Å². The van der Waals surface area contributed by atoms with Crippen LogP contribution in [0.15, 0.2) is 16.8 Å². The Labute approximate surface area is 103 Å². The zero-order valence-corrected chi connectivity index (χ0v) is 11.5. The first-order chi connectivity index (χ1) is 7.05. The smallest absolute Gasteiger partial charge is 0.252 e. The highest BCUT2D eigenvalue weighted by atomic mass is 79.9. The van der Waals surface area contributed by atoms with E-state index in [1.165, 1.54) is 0 Å². The number of nitrogens with one attached hydrogen (secondary N) is 1. The Bertz CT molecular complexity index is 308. The van der Waals surface area contributed by atoms with Crippen molar-refractivity contribution < 1.29 is 4.79 Å². The Morgan fingerprint density at radius 2 is 2.33 bits per heavy atom. The summed E-state index contributed by atoms with van der Waals surface area (Å²) >= 11 is 4.96. The third-order valence-corrected chi connectivity index (χ3v) is 3.36. The highest BCUT2D eigenvalue weighted by Gasteiger charge is 2.18. The van der Waals surface area contributed by atoms with Gasteiger partial charge in [-0.2, -0.15) is 11.3 Å². The van der Waals surface area contributed by atoms with Gasteiger partial charge in [0.25, 0.3) is 5.91 Å². The van der Waals surface area contributed by atoms with Gasteiger partial charge in [-0.25, -0.2) is 0 Å². The van der Waals surface area contributed by atoms with Gasteiger partial charge in [-0.05, 0) is 23.3 Å². The molecule has 1 rings (SSSR count). The minimum atomic E-state index is 0.0268. The summed E-state index contributed by atoms with van der Waals surface area (Å²) in [6.45, 7) is 5.03. The predicted octanol–water partition coefficient (Wildman–Crippen LogP) is 3.29. The zero-order chi connectivity index (χ0) is 11.3. The van der Waals surface area contributed by atoms with E-state index in [1.807, 2.05) is 16.8 Å². The van der Waals surface area contributed by atoms with Crippen molar-refractivity contribution >= 4 is 33.2 Å². The molecule has 0 bridgehead atoms. The maximum atomic E-state index is 11.6. The van der Waals surface area contributed by atoms with Crippen LogP contribution in [-0.2, 0) is 0 Å². The van der Waals surface area contributed by atoms with Gasteiger partial charge >= 0.3 is 0 Å². The summed E-state index contributed by atoms with van der Waals surface area (Å²) in [6.07, 6.45) is 1.05. The molecule has 0 atom stereocenters. The Morgan fingerprint density at radius 3 is 2.87 bits per heavy atom. The summed E-state index contributed by atoms with van der Waals surface area (Å²) < 4.78 is 0. The van der Waals surface area contributed by atoms with Gasteiger partial charge in [0.1, 0.15) is 0 Å². The first kappa shape index (κ1) is 12.7. The standard InChI is InChI=1S/C11H16BrNOS/c1-11(2,4-5-12)8-13-10(14)9-3-6-15-7-9/h3,6-7H,4-5,8H2,1-2H3,(H,13,14). The molecule has 0 fully saturated rings. The van der Waals surface area contributed by atoms with Gasteiger partial charge in [-0.3, -0.25) is 4.79 Å². The van der Waals surface area contributed by atoms with Crippen molar-refractivity contribution in [3.05, 3.63) is 22.4 Å². The molecule has 1 amide bonds. The second-order valence-corrected chi connectivity index (χ2v) is 5.87. The van der Waals surface area contributed by atoms with Crippen molar-refractivity contribution in [1.82, 2.24) is 5.32 Å². The molecule has 0 radical (unpaired) electrons. The van der Waals surface area contributed by atoms with Crippen LogP contribution in [0.4, 0.5) is 0 Å². The lowest BCUT2D eigenvalue weighted by molar-refractivity contribution is 0.0936. The normalized spacial score (nSPS) is 11.4. The molecule has 15 heavy (non-hydrogen) atoms. The fourth-order valence-corrected chi connectivity index (χ4v) is 2.87. The van der Waals surface area contributed by atoms with Gasteiger partial charge < -0.3 is 5.32 Å². The van der Waals surface area contributed by atoms with E-state index in [9.17, 15) is 4.79 Å². The van der Waals surface area contributed by atoms with Gasteiger partial charge in [0.15, 0.2) is 0 Å². The molecule has 0 aliphatic rings. The highest BCUT2D eigenvalue weighted by molar-refractivity contribution is 9.09. The molecule has 1 aromatic heterocycles. The van der Waals surface area contributed by atoms with Gasteiger partial charge in [-0.1, -0.05) is 29.8 Å². The molecule has 2 nitrogen and oxygen atoms in total. The largest absolute Gasteiger partial charge is 0.351 e. The summed E-state index contributed by atoms with van der Waals surface area (Å²) in [7, 11) is 0. The molecule has 0 spiro atoms. The van der Waals surface area contributed by atoms with Crippen molar-refractivity contribution in [2.75, 3.05) is 11.9 Å². The third kappa shape index (κ3) is 4.34. The van der Waals surface area contributed by atoms with E-state index in [1.54, 1.807) is 11.3 Å². The quantitative estimate of drug-likeness (QED) is 0.828.